The van der Waals surface area contributed by atoms with Gasteiger partial charge in [0.15, 0.2) is 11.5 Å². The van der Waals surface area contributed by atoms with Gasteiger partial charge in [0.1, 0.15) is 5.54 Å². The zero-order valence-corrected chi connectivity index (χ0v) is 24.0. The predicted molar refractivity (Wildman–Crippen MR) is 152 cm³/mol. The zero-order valence-electron chi connectivity index (χ0n) is 24.0. The second-order valence-corrected chi connectivity index (χ2v) is 10.9. The van der Waals surface area contributed by atoms with Crippen LogP contribution in [0.1, 0.15) is 74.8 Å². The number of piperidine rings is 1. The first-order chi connectivity index (χ1) is 19.4. The van der Waals surface area contributed by atoms with Crippen molar-refractivity contribution in [3.63, 3.8) is 0 Å². The third-order valence-electron chi connectivity index (χ3n) is 8.61. The van der Waals surface area contributed by atoms with Gasteiger partial charge < -0.3 is 29.0 Å². The van der Waals surface area contributed by atoms with Gasteiger partial charge in [0, 0.05) is 19.6 Å². The van der Waals surface area contributed by atoms with E-state index >= 15 is 0 Å². The van der Waals surface area contributed by atoms with Crippen LogP contribution < -0.4 is 14.2 Å². The first-order valence-electron chi connectivity index (χ1n) is 14.4. The molecule has 8 nitrogen and oxygen atoms in total. The van der Waals surface area contributed by atoms with E-state index in [-0.39, 0.29) is 24.9 Å². The quantitative estimate of drug-likeness (QED) is 0.331. The number of hydrogen-bond donors (Lipinski definition) is 1. The highest BCUT2D eigenvalue weighted by molar-refractivity contribution is 5.91. The second kappa shape index (κ2) is 13.9. The minimum atomic E-state index is -1.31. The molecule has 2 unspecified atom stereocenters. The van der Waals surface area contributed by atoms with Gasteiger partial charge in [-0.2, -0.15) is 0 Å². The summed E-state index contributed by atoms with van der Waals surface area (Å²) in [5.74, 6) is -0.0480. The Morgan fingerprint density at radius 2 is 1.62 bits per heavy atom. The number of hydrogen-bond acceptors (Lipinski definition) is 6. The SMILES string of the molecule is COc1cc(C(C(=O)N2CCCCC2(CCOCc2ccccc2)C(=O)O)C2CCCCC2)cc(OC)c1OC. The van der Waals surface area contributed by atoms with Crippen LogP contribution >= 0.6 is 0 Å². The highest BCUT2D eigenvalue weighted by Gasteiger charge is 2.50. The second-order valence-electron chi connectivity index (χ2n) is 10.9. The molecule has 0 radical (unpaired) electrons. The van der Waals surface area contributed by atoms with Gasteiger partial charge in [0.25, 0.3) is 0 Å². The first kappa shape index (κ1) is 29.7. The standard InChI is InChI=1S/C32H43NO7/c1-37-26-20-25(21-27(38-2)29(26)39-3)28(24-14-8-5-9-15-24)30(34)33-18-11-10-16-32(33,31(35)36)17-19-40-22-23-12-6-4-7-13-23/h4,6-7,12-13,20-21,24,28H,5,8-11,14-19,22H2,1-3H3,(H,35,36). The summed E-state index contributed by atoms with van der Waals surface area (Å²) in [5, 5.41) is 10.6. The van der Waals surface area contributed by atoms with Gasteiger partial charge >= 0.3 is 5.97 Å². The van der Waals surface area contributed by atoms with Crippen molar-refractivity contribution in [2.45, 2.75) is 75.9 Å². The number of methoxy groups -OCH3 is 3. The van der Waals surface area contributed by atoms with Crippen molar-refractivity contribution in [2.24, 2.45) is 5.92 Å². The molecule has 1 amide bonds. The Bertz CT molecular complexity index is 1110. The van der Waals surface area contributed by atoms with Crippen LogP contribution in [0.15, 0.2) is 42.5 Å². The molecule has 2 atom stereocenters. The summed E-state index contributed by atoms with van der Waals surface area (Å²) in [5.41, 5.74) is 0.499. The molecular weight excluding hydrogens is 510 g/mol. The molecule has 0 spiro atoms. The number of ether oxygens (including phenoxy) is 4. The van der Waals surface area contributed by atoms with Crippen molar-refractivity contribution in [3.05, 3.63) is 53.6 Å². The van der Waals surface area contributed by atoms with Gasteiger partial charge in [-0.1, -0.05) is 49.6 Å². The number of benzene rings is 2. The van der Waals surface area contributed by atoms with E-state index in [9.17, 15) is 14.7 Å². The van der Waals surface area contributed by atoms with Gasteiger partial charge in [-0.3, -0.25) is 4.79 Å². The van der Waals surface area contributed by atoms with E-state index in [1.807, 2.05) is 42.5 Å². The number of aliphatic carboxylic acids is 1. The monoisotopic (exact) mass is 553 g/mol. The van der Waals surface area contributed by atoms with Crippen molar-refractivity contribution in [1.29, 1.82) is 0 Å². The summed E-state index contributed by atoms with van der Waals surface area (Å²) in [6.45, 7) is 1.07. The van der Waals surface area contributed by atoms with Crippen LogP contribution in [0.3, 0.4) is 0 Å². The van der Waals surface area contributed by atoms with E-state index in [1.165, 1.54) is 0 Å². The summed E-state index contributed by atoms with van der Waals surface area (Å²) in [4.78, 5) is 29.3. The summed E-state index contributed by atoms with van der Waals surface area (Å²) in [7, 11) is 4.68. The molecule has 0 bridgehead atoms. The lowest BCUT2D eigenvalue weighted by atomic mass is 9.74. The minimum absolute atomic E-state index is 0.104. The van der Waals surface area contributed by atoms with Crippen molar-refractivity contribution in [2.75, 3.05) is 34.5 Å². The predicted octanol–water partition coefficient (Wildman–Crippen LogP) is 5.82. The number of carboxylic acid groups (broad SMARTS) is 1. The van der Waals surface area contributed by atoms with Crippen molar-refractivity contribution < 1.29 is 33.6 Å². The molecule has 1 saturated heterocycles. The number of amides is 1. The molecule has 0 aromatic heterocycles. The summed E-state index contributed by atoms with van der Waals surface area (Å²) in [6.07, 6.45) is 7.28. The number of likely N-dealkylation sites (tertiary alicyclic amines) is 1. The van der Waals surface area contributed by atoms with E-state index in [0.717, 1.165) is 56.1 Å². The van der Waals surface area contributed by atoms with Crippen LogP contribution in [-0.2, 0) is 20.9 Å². The molecule has 1 N–H and O–H groups in total. The number of carboxylic acids is 1. The fourth-order valence-corrected chi connectivity index (χ4v) is 6.48. The maximum absolute atomic E-state index is 14.6. The van der Waals surface area contributed by atoms with Gasteiger partial charge in [-0.05, 0) is 61.3 Å². The zero-order chi connectivity index (χ0) is 28.5. The average molecular weight is 554 g/mol. The molecule has 4 rings (SSSR count). The van der Waals surface area contributed by atoms with E-state index in [0.29, 0.717) is 36.8 Å². The smallest absolute Gasteiger partial charge is 0.329 e. The lowest BCUT2D eigenvalue weighted by molar-refractivity contribution is -0.165. The molecule has 2 fully saturated rings. The van der Waals surface area contributed by atoms with Crippen molar-refractivity contribution in [1.82, 2.24) is 4.90 Å². The largest absolute Gasteiger partial charge is 0.493 e. The van der Waals surface area contributed by atoms with Gasteiger partial charge in [0.2, 0.25) is 11.7 Å². The van der Waals surface area contributed by atoms with Crippen LogP contribution in [0.4, 0.5) is 0 Å². The minimum Gasteiger partial charge on any atom is -0.493 e. The highest BCUT2D eigenvalue weighted by Crippen LogP contribution is 2.46. The third kappa shape index (κ3) is 6.38. The Labute approximate surface area is 237 Å². The Hall–Kier alpha value is -3.26. The van der Waals surface area contributed by atoms with Crippen molar-refractivity contribution in [3.8, 4) is 17.2 Å². The molecule has 1 heterocycles. The summed E-state index contributed by atoms with van der Waals surface area (Å²) in [6, 6.07) is 13.5. The molecule has 218 valence electrons. The van der Waals surface area contributed by atoms with Gasteiger partial charge in [-0.25, -0.2) is 4.79 Å². The van der Waals surface area contributed by atoms with Crippen LogP contribution in [0.25, 0.3) is 0 Å². The molecule has 1 aliphatic carbocycles. The topological polar surface area (TPSA) is 94.5 Å². The van der Waals surface area contributed by atoms with E-state index < -0.39 is 17.4 Å². The maximum Gasteiger partial charge on any atom is 0.329 e. The number of nitrogens with zero attached hydrogens (tertiary/aromatic N) is 1. The molecule has 1 aliphatic heterocycles. The molecule has 2 aliphatic rings. The van der Waals surface area contributed by atoms with E-state index in [4.69, 9.17) is 18.9 Å². The van der Waals surface area contributed by atoms with Crippen molar-refractivity contribution >= 4 is 11.9 Å². The molecular formula is C32H43NO7. The van der Waals surface area contributed by atoms with Crippen LogP contribution in [0, 0.1) is 5.92 Å². The Morgan fingerprint density at radius 1 is 0.950 bits per heavy atom. The molecule has 2 aromatic rings. The number of carbonyl (C=O) groups excluding carboxylic acids is 1. The van der Waals surface area contributed by atoms with Crippen LogP contribution in [0.2, 0.25) is 0 Å². The maximum atomic E-state index is 14.6. The van der Waals surface area contributed by atoms with E-state index in [1.54, 1.807) is 26.2 Å². The lowest BCUT2D eigenvalue weighted by Crippen LogP contribution is -2.61. The summed E-state index contributed by atoms with van der Waals surface area (Å²) < 4.78 is 22.7. The van der Waals surface area contributed by atoms with E-state index in [2.05, 4.69) is 0 Å². The number of carbonyl (C=O) groups is 2. The Balaban J connectivity index is 1.66. The fourth-order valence-electron chi connectivity index (χ4n) is 6.48. The highest BCUT2D eigenvalue weighted by atomic mass is 16.5. The van der Waals surface area contributed by atoms with Gasteiger partial charge in [0.05, 0.1) is 33.9 Å². The summed E-state index contributed by atoms with van der Waals surface area (Å²) >= 11 is 0. The lowest BCUT2D eigenvalue weighted by Gasteiger charge is -2.46. The third-order valence-corrected chi connectivity index (χ3v) is 8.61. The fraction of sp³-hybridized carbons (Fsp3) is 0.562. The molecule has 2 aromatic carbocycles. The normalized spacial score (nSPS) is 20.5. The first-order valence-corrected chi connectivity index (χ1v) is 14.4. The number of rotatable bonds is 12. The molecule has 1 saturated carbocycles. The average Bonchev–Trinajstić information content (AvgIpc) is 3.00. The van der Waals surface area contributed by atoms with Gasteiger partial charge in [-0.15, -0.1) is 0 Å². The van der Waals surface area contributed by atoms with Crippen LogP contribution in [0.5, 0.6) is 17.2 Å². The van der Waals surface area contributed by atoms with Crippen LogP contribution in [-0.4, -0.2) is 61.9 Å². The molecule has 40 heavy (non-hydrogen) atoms. The Kier molecular flexibility index (Phi) is 10.3. The molecule has 8 heteroatoms. The Morgan fingerprint density at radius 3 is 2.23 bits per heavy atom.